The number of alkyl halides is 2. The molecule has 1 unspecified atom stereocenters. The highest BCUT2D eigenvalue weighted by atomic mass is 19.3. The maximum absolute atomic E-state index is 16.3. The van der Waals surface area contributed by atoms with Gasteiger partial charge in [0.15, 0.2) is 0 Å². The SMILES string of the molecule is C[C@@H]1Cc2cc(OCc3ccccc3)ccc2C(c2c(F)cc(N3CCCC4(CCN(CC(=O)O)CC4)CC3)cc2F)N1CC(C)(F)F. The summed E-state index contributed by atoms with van der Waals surface area (Å²) in [4.78, 5) is 16.7. The Bertz CT molecular complexity index is 1570. The monoisotopic (exact) mass is 667 g/mol. The molecule has 0 amide bonds. The van der Waals surface area contributed by atoms with Crippen molar-refractivity contribution in [3.63, 3.8) is 0 Å². The summed E-state index contributed by atoms with van der Waals surface area (Å²) >= 11 is 0. The summed E-state index contributed by atoms with van der Waals surface area (Å²) in [5, 5.41) is 9.16. The molecule has 3 aromatic carbocycles. The van der Waals surface area contributed by atoms with Gasteiger partial charge in [0.2, 0.25) is 0 Å². The van der Waals surface area contributed by atoms with Crippen LogP contribution in [0.2, 0.25) is 0 Å². The van der Waals surface area contributed by atoms with Crippen LogP contribution >= 0.6 is 0 Å². The minimum absolute atomic E-state index is 0.0495. The van der Waals surface area contributed by atoms with Crippen LogP contribution in [0.1, 0.15) is 74.2 Å². The van der Waals surface area contributed by atoms with E-state index in [-0.39, 0.29) is 17.5 Å². The summed E-state index contributed by atoms with van der Waals surface area (Å²) in [6.07, 6.45) is 4.97. The Kier molecular flexibility index (Phi) is 10.0. The standard InChI is InChI=1S/C38H45F4N3O3/c1-26-19-28-20-30(48-24-27-7-4-3-5-8-27)9-10-31(28)36(45(26)25-37(2,41)42)35-32(39)21-29(22-33(35)40)44-15-6-11-38(14-18-44)12-16-43(17-13-38)23-34(46)47/h3-5,7-10,20-22,26,36H,6,11-19,23-25H2,1-2H3,(H,46,47)/t26-,36?/m1/s1. The molecule has 48 heavy (non-hydrogen) atoms. The van der Waals surface area contributed by atoms with Gasteiger partial charge in [-0.25, -0.2) is 17.6 Å². The van der Waals surface area contributed by atoms with Crippen LogP contribution in [0.3, 0.4) is 0 Å². The third-order valence-electron chi connectivity index (χ3n) is 10.6. The zero-order valence-corrected chi connectivity index (χ0v) is 27.7. The van der Waals surface area contributed by atoms with E-state index < -0.39 is 42.2 Å². The number of carbonyl (C=O) groups is 1. The van der Waals surface area contributed by atoms with Crippen molar-refractivity contribution in [2.45, 2.75) is 77.0 Å². The number of fused-ring (bicyclic) bond motifs is 1. The lowest BCUT2D eigenvalue weighted by Gasteiger charge is -2.43. The molecule has 0 saturated carbocycles. The van der Waals surface area contributed by atoms with Crippen molar-refractivity contribution < 1.29 is 32.2 Å². The summed E-state index contributed by atoms with van der Waals surface area (Å²) < 4.78 is 67.8. The van der Waals surface area contributed by atoms with Crippen LogP contribution < -0.4 is 9.64 Å². The Morgan fingerprint density at radius 3 is 2.31 bits per heavy atom. The van der Waals surface area contributed by atoms with E-state index >= 15 is 8.78 Å². The summed E-state index contributed by atoms with van der Waals surface area (Å²) in [6, 6.07) is 16.4. The van der Waals surface area contributed by atoms with Crippen LogP contribution in [0.25, 0.3) is 0 Å². The van der Waals surface area contributed by atoms with Crippen LogP contribution in [-0.4, -0.2) is 72.1 Å². The molecule has 10 heteroatoms. The number of hydrogen-bond acceptors (Lipinski definition) is 5. The van der Waals surface area contributed by atoms with E-state index in [1.807, 2.05) is 53.1 Å². The molecule has 3 aliphatic rings. The van der Waals surface area contributed by atoms with Crippen molar-refractivity contribution in [1.82, 2.24) is 9.80 Å². The van der Waals surface area contributed by atoms with Gasteiger partial charge in [-0.15, -0.1) is 0 Å². The number of likely N-dealkylation sites (tertiary alicyclic amines) is 1. The van der Waals surface area contributed by atoms with Gasteiger partial charge in [-0.1, -0.05) is 36.4 Å². The van der Waals surface area contributed by atoms with E-state index in [1.54, 1.807) is 12.1 Å². The highest BCUT2D eigenvalue weighted by Gasteiger charge is 2.41. The second-order valence-corrected chi connectivity index (χ2v) is 14.2. The van der Waals surface area contributed by atoms with Crippen molar-refractivity contribution in [1.29, 1.82) is 0 Å². The Balaban J connectivity index is 1.25. The van der Waals surface area contributed by atoms with Gasteiger partial charge in [-0.05, 0) is 105 Å². The molecule has 3 aromatic rings. The summed E-state index contributed by atoms with van der Waals surface area (Å²) in [5.41, 5.74) is 2.76. The zero-order chi connectivity index (χ0) is 34.1. The van der Waals surface area contributed by atoms with E-state index in [2.05, 4.69) is 0 Å². The molecular formula is C38H45F4N3O3. The minimum Gasteiger partial charge on any atom is -0.489 e. The van der Waals surface area contributed by atoms with Crippen LogP contribution in [-0.2, 0) is 17.8 Å². The fourth-order valence-corrected chi connectivity index (χ4v) is 8.02. The molecule has 2 saturated heterocycles. The van der Waals surface area contributed by atoms with Crippen molar-refractivity contribution in [2.24, 2.45) is 5.41 Å². The highest BCUT2D eigenvalue weighted by Crippen LogP contribution is 2.45. The number of benzene rings is 3. The number of carboxylic acid groups (broad SMARTS) is 1. The fraction of sp³-hybridized carbons (Fsp3) is 0.500. The molecule has 1 N–H and O–H groups in total. The largest absolute Gasteiger partial charge is 0.489 e. The molecule has 1 spiro atoms. The fourth-order valence-electron chi connectivity index (χ4n) is 8.02. The van der Waals surface area contributed by atoms with Crippen molar-refractivity contribution in [3.05, 3.63) is 94.6 Å². The van der Waals surface area contributed by atoms with Gasteiger partial charge in [0, 0.05) is 37.3 Å². The lowest BCUT2D eigenvalue weighted by atomic mass is 9.73. The second kappa shape index (κ2) is 14.1. The van der Waals surface area contributed by atoms with Gasteiger partial charge in [-0.3, -0.25) is 14.6 Å². The molecule has 2 fully saturated rings. The number of ether oxygens (including phenoxy) is 1. The maximum atomic E-state index is 16.3. The first-order valence-corrected chi connectivity index (χ1v) is 17.0. The summed E-state index contributed by atoms with van der Waals surface area (Å²) in [5.74, 6) is -4.77. The molecule has 6 nitrogen and oxygen atoms in total. The summed E-state index contributed by atoms with van der Waals surface area (Å²) in [7, 11) is 0. The highest BCUT2D eigenvalue weighted by molar-refractivity contribution is 5.69. The van der Waals surface area contributed by atoms with E-state index in [9.17, 15) is 13.6 Å². The normalized spacial score (nSPS) is 21.9. The number of anilines is 1. The Morgan fingerprint density at radius 2 is 1.65 bits per heavy atom. The van der Waals surface area contributed by atoms with E-state index in [4.69, 9.17) is 9.84 Å². The predicted molar refractivity (Wildman–Crippen MR) is 178 cm³/mol. The maximum Gasteiger partial charge on any atom is 0.317 e. The number of rotatable bonds is 9. The van der Waals surface area contributed by atoms with Crippen molar-refractivity contribution >= 4 is 11.7 Å². The first kappa shape index (κ1) is 34.2. The van der Waals surface area contributed by atoms with Gasteiger partial charge in [0.25, 0.3) is 5.92 Å². The van der Waals surface area contributed by atoms with Gasteiger partial charge < -0.3 is 14.7 Å². The average molecular weight is 668 g/mol. The molecule has 3 heterocycles. The van der Waals surface area contributed by atoms with Gasteiger partial charge in [0.05, 0.1) is 19.1 Å². The Labute approximate surface area is 280 Å². The number of halogens is 4. The molecule has 0 bridgehead atoms. The third-order valence-corrected chi connectivity index (χ3v) is 10.6. The first-order chi connectivity index (χ1) is 22.9. The lowest BCUT2D eigenvalue weighted by Crippen LogP contribution is -2.48. The number of nitrogens with zero attached hydrogens (tertiary/aromatic N) is 3. The van der Waals surface area contributed by atoms with Crippen molar-refractivity contribution in [3.8, 4) is 5.75 Å². The van der Waals surface area contributed by atoms with Crippen LogP contribution in [0.15, 0.2) is 60.7 Å². The quantitative estimate of drug-likeness (QED) is 0.236. The molecule has 0 aliphatic carbocycles. The van der Waals surface area contributed by atoms with Crippen LogP contribution in [0.5, 0.6) is 5.75 Å². The Hall–Kier alpha value is -3.63. The predicted octanol–water partition coefficient (Wildman–Crippen LogP) is 7.69. The molecule has 0 radical (unpaired) electrons. The zero-order valence-electron chi connectivity index (χ0n) is 27.7. The van der Waals surface area contributed by atoms with E-state index in [0.29, 0.717) is 43.1 Å². The van der Waals surface area contributed by atoms with Crippen LogP contribution in [0.4, 0.5) is 23.2 Å². The van der Waals surface area contributed by atoms with Gasteiger partial charge in [-0.2, -0.15) is 0 Å². The third kappa shape index (κ3) is 7.81. The molecule has 6 rings (SSSR count). The molecule has 258 valence electrons. The topological polar surface area (TPSA) is 56.3 Å². The molecule has 3 aliphatic heterocycles. The number of hydrogen-bond donors (Lipinski definition) is 1. The molecular weight excluding hydrogens is 622 g/mol. The minimum atomic E-state index is -3.07. The molecule has 0 aromatic heterocycles. The number of piperidine rings is 1. The lowest BCUT2D eigenvalue weighted by molar-refractivity contribution is -0.139. The number of aliphatic carboxylic acids is 1. The van der Waals surface area contributed by atoms with Crippen molar-refractivity contribution in [2.75, 3.05) is 44.2 Å². The second-order valence-electron chi connectivity index (χ2n) is 14.2. The van der Waals surface area contributed by atoms with E-state index in [0.717, 1.165) is 63.2 Å². The van der Waals surface area contributed by atoms with Gasteiger partial charge >= 0.3 is 5.97 Å². The van der Waals surface area contributed by atoms with Gasteiger partial charge in [0.1, 0.15) is 24.0 Å². The van der Waals surface area contributed by atoms with E-state index in [1.165, 1.54) is 17.0 Å². The molecule has 2 atom stereocenters. The first-order valence-electron chi connectivity index (χ1n) is 17.0. The summed E-state index contributed by atoms with van der Waals surface area (Å²) in [6.45, 7) is 5.20. The Morgan fingerprint density at radius 1 is 0.958 bits per heavy atom. The average Bonchev–Trinajstić information content (AvgIpc) is 3.24. The smallest absolute Gasteiger partial charge is 0.317 e. The van der Waals surface area contributed by atoms with Crippen LogP contribution in [0, 0.1) is 17.0 Å². The number of carboxylic acids is 1.